The Labute approximate surface area is 226 Å². The predicted molar refractivity (Wildman–Crippen MR) is 138 cm³/mol. The summed E-state index contributed by atoms with van der Waals surface area (Å²) in [7, 11) is 0. The Bertz CT molecular complexity index is 998. The third-order valence-electron chi connectivity index (χ3n) is 5.67. The SMILES string of the molecule is CCCCCCCN(CCOc1ccc(CC(OCC)C(=O)O)cc1)C(=O)Oc1ccc(OC(F)(F)F)cc1. The number of benzene rings is 2. The third kappa shape index (κ3) is 12.8. The zero-order valence-corrected chi connectivity index (χ0v) is 22.2. The average molecular weight is 556 g/mol. The standard InChI is InChI=1S/C28H36F3NO7/c1-3-5-6-7-8-17-32(27(35)38-23-13-15-24(16-14-23)39-28(29,30)31)18-19-37-22-11-9-21(10-12-22)20-25(26(33)34)36-4-2/h9-16,25H,3-8,17-20H2,1-2H3,(H,33,34). The number of hydrogen-bond donors (Lipinski definition) is 1. The summed E-state index contributed by atoms with van der Waals surface area (Å²) in [6.07, 6.45) is -1.18. The lowest BCUT2D eigenvalue weighted by Crippen LogP contribution is -2.37. The fourth-order valence-corrected chi connectivity index (χ4v) is 3.70. The highest BCUT2D eigenvalue weighted by atomic mass is 19.4. The monoisotopic (exact) mass is 555 g/mol. The number of rotatable bonds is 17. The lowest BCUT2D eigenvalue weighted by molar-refractivity contribution is -0.274. The zero-order chi connectivity index (χ0) is 28.7. The number of hydrogen-bond acceptors (Lipinski definition) is 6. The summed E-state index contributed by atoms with van der Waals surface area (Å²) < 4.78 is 57.3. The molecule has 8 nitrogen and oxygen atoms in total. The molecule has 11 heteroatoms. The molecule has 0 spiro atoms. The second-order valence-electron chi connectivity index (χ2n) is 8.77. The van der Waals surface area contributed by atoms with Crippen LogP contribution in [0.4, 0.5) is 18.0 Å². The van der Waals surface area contributed by atoms with Crippen LogP contribution in [0.2, 0.25) is 0 Å². The average Bonchev–Trinajstić information content (AvgIpc) is 2.88. The Morgan fingerprint density at radius 1 is 0.872 bits per heavy atom. The lowest BCUT2D eigenvalue weighted by atomic mass is 10.1. The van der Waals surface area contributed by atoms with Gasteiger partial charge in [-0.25, -0.2) is 9.59 Å². The van der Waals surface area contributed by atoms with Crippen molar-refractivity contribution in [3.8, 4) is 17.2 Å². The van der Waals surface area contributed by atoms with E-state index < -0.39 is 30.3 Å². The number of carbonyl (C=O) groups is 2. The van der Waals surface area contributed by atoms with Gasteiger partial charge in [0.15, 0.2) is 6.10 Å². The summed E-state index contributed by atoms with van der Waals surface area (Å²) in [5, 5.41) is 9.24. The number of unbranched alkanes of at least 4 members (excludes halogenated alkanes) is 4. The molecular weight excluding hydrogens is 519 g/mol. The number of carbonyl (C=O) groups excluding carboxylic acids is 1. The van der Waals surface area contributed by atoms with Gasteiger partial charge in [-0.05, 0) is 55.3 Å². The van der Waals surface area contributed by atoms with Gasteiger partial charge in [0.2, 0.25) is 0 Å². The van der Waals surface area contributed by atoms with Gasteiger partial charge in [-0.15, -0.1) is 13.2 Å². The summed E-state index contributed by atoms with van der Waals surface area (Å²) >= 11 is 0. The van der Waals surface area contributed by atoms with Crippen LogP contribution >= 0.6 is 0 Å². The number of carboxylic acids is 1. The highest BCUT2D eigenvalue weighted by molar-refractivity contribution is 5.72. The van der Waals surface area contributed by atoms with Crippen LogP contribution in [0.15, 0.2) is 48.5 Å². The molecule has 1 atom stereocenters. The highest BCUT2D eigenvalue weighted by Crippen LogP contribution is 2.25. The lowest BCUT2D eigenvalue weighted by Gasteiger charge is -2.22. The van der Waals surface area contributed by atoms with E-state index in [0.717, 1.165) is 49.8 Å². The van der Waals surface area contributed by atoms with Crippen molar-refractivity contribution in [2.75, 3.05) is 26.3 Å². The number of amides is 1. The van der Waals surface area contributed by atoms with Gasteiger partial charge >= 0.3 is 18.4 Å². The summed E-state index contributed by atoms with van der Waals surface area (Å²) in [4.78, 5) is 25.6. The number of nitrogens with zero attached hydrogens (tertiary/aromatic N) is 1. The van der Waals surface area contributed by atoms with Gasteiger partial charge in [0, 0.05) is 19.6 Å². The Morgan fingerprint density at radius 2 is 1.49 bits per heavy atom. The molecule has 0 aliphatic rings. The van der Waals surface area contributed by atoms with Gasteiger partial charge in [0.05, 0.1) is 6.54 Å². The van der Waals surface area contributed by atoms with E-state index in [0.29, 0.717) is 18.9 Å². The first kappa shape index (κ1) is 31.7. The van der Waals surface area contributed by atoms with E-state index in [9.17, 15) is 27.9 Å². The first-order valence-corrected chi connectivity index (χ1v) is 13.0. The van der Waals surface area contributed by atoms with Crippen LogP contribution in [0.3, 0.4) is 0 Å². The topological polar surface area (TPSA) is 94.5 Å². The molecule has 0 bridgehead atoms. The number of ether oxygens (including phenoxy) is 4. The van der Waals surface area contributed by atoms with Crippen molar-refractivity contribution in [3.05, 3.63) is 54.1 Å². The quantitative estimate of drug-likeness (QED) is 0.224. The Hall–Kier alpha value is -3.47. The molecule has 1 unspecified atom stereocenters. The second kappa shape index (κ2) is 16.5. The molecule has 39 heavy (non-hydrogen) atoms. The molecule has 1 N–H and O–H groups in total. The van der Waals surface area contributed by atoms with Crippen molar-refractivity contribution in [2.24, 2.45) is 0 Å². The van der Waals surface area contributed by atoms with Crippen LogP contribution in [-0.4, -0.2) is 60.8 Å². The number of alkyl halides is 3. The van der Waals surface area contributed by atoms with Crippen molar-refractivity contribution < 1.29 is 46.8 Å². The van der Waals surface area contributed by atoms with Gasteiger partial charge in [0.1, 0.15) is 23.9 Å². The van der Waals surface area contributed by atoms with Crippen molar-refractivity contribution >= 4 is 12.1 Å². The minimum Gasteiger partial charge on any atom is -0.492 e. The first-order chi connectivity index (χ1) is 18.6. The van der Waals surface area contributed by atoms with Gasteiger partial charge in [-0.2, -0.15) is 0 Å². The summed E-state index contributed by atoms with van der Waals surface area (Å²) in [5.41, 5.74) is 0.784. The molecule has 0 heterocycles. The van der Waals surface area contributed by atoms with Crippen LogP contribution in [0, 0.1) is 0 Å². The maximum absolute atomic E-state index is 12.8. The molecule has 0 aliphatic carbocycles. The van der Waals surface area contributed by atoms with Crippen LogP contribution in [-0.2, 0) is 16.0 Å². The van der Waals surface area contributed by atoms with Gasteiger partial charge in [-0.1, -0.05) is 44.7 Å². The molecular formula is C28H36F3NO7. The third-order valence-corrected chi connectivity index (χ3v) is 5.67. The van der Waals surface area contributed by atoms with E-state index in [1.807, 2.05) is 0 Å². The molecule has 2 aromatic rings. The normalized spacial score (nSPS) is 12.0. The van der Waals surface area contributed by atoms with E-state index in [1.165, 1.54) is 17.0 Å². The van der Waals surface area contributed by atoms with Crippen LogP contribution in [0.5, 0.6) is 17.2 Å². The van der Waals surface area contributed by atoms with Crippen molar-refractivity contribution in [1.29, 1.82) is 0 Å². The van der Waals surface area contributed by atoms with E-state index in [4.69, 9.17) is 14.2 Å². The number of halogens is 3. The molecule has 0 saturated carbocycles. The Balaban J connectivity index is 1.93. The molecule has 2 aromatic carbocycles. The van der Waals surface area contributed by atoms with Crippen LogP contribution in [0.1, 0.15) is 51.5 Å². The largest absolute Gasteiger partial charge is 0.573 e. The number of aliphatic carboxylic acids is 1. The first-order valence-electron chi connectivity index (χ1n) is 13.0. The summed E-state index contributed by atoms with van der Waals surface area (Å²) in [6, 6.07) is 11.6. The molecule has 0 aliphatic heterocycles. The molecule has 0 fully saturated rings. The van der Waals surface area contributed by atoms with Crippen molar-refractivity contribution in [3.63, 3.8) is 0 Å². The van der Waals surface area contributed by atoms with Gasteiger partial charge in [0.25, 0.3) is 0 Å². The van der Waals surface area contributed by atoms with E-state index in [2.05, 4.69) is 11.7 Å². The molecule has 0 aromatic heterocycles. The minimum atomic E-state index is -4.81. The van der Waals surface area contributed by atoms with Crippen LogP contribution < -0.4 is 14.2 Å². The van der Waals surface area contributed by atoms with E-state index in [-0.39, 0.29) is 25.3 Å². The van der Waals surface area contributed by atoms with Crippen molar-refractivity contribution in [1.82, 2.24) is 4.90 Å². The zero-order valence-electron chi connectivity index (χ0n) is 22.2. The predicted octanol–water partition coefficient (Wildman–Crippen LogP) is 6.47. The molecule has 1 amide bonds. The number of carboxylic acid groups (broad SMARTS) is 1. The van der Waals surface area contributed by atoms with Gasteiger partial charge in [-0.3, -0.25) is 0 Å². The molecule has 0 radical (unpaired) electrons. The molecule has 0 saturated heterocycles. The molecule has 216 valence electrons. The second-order valence-corrected chi connectivity index (χ2v) is 8.77. The Kier molecular flexibility index (Phi) is 13.4. The fourth-order valence-electron chi connectivity index (χ4n) is 3.70. The smallest absolute Gasteiger partial charge is 0.492 e. The Morgan fingerprint density at radius 3 is 2.08 bits per heavy atom. The van der Waals surface area contributed by atoms with Gasteiger partial charge < -0.3 is 29.0 Å². The van der Waals surface area contributed by atoms with Crippen LogP contribution in [0.25, 0.3) is 0 Å². The van der Waals surface area contributed by atoms with E-state index in [1.54, 1.807) is 31.2 Å². The fraction of sp³-hybridized carbons (Fsp3) is 0.500. The highest BCUT2D eigenvalue weighted by Gasteiger charge is 2.31. The maximum Gasteiger partial charge on any atom is 0.573 e. The summed E-state index contributed by atoms with van der Waals surface area (Å²) in [6.45, 7) is 5.00. The van der Waals surface area contributed by atoms with E-state index >= 15 is 0 Å². The van der Waals surface area contributed by atoms with Crippen molar-refractivity contribution in [2.45, 2.75) is 64.8 Å². The molecule has 2 rings (SSSR count). The minimum absolute atomic E-state index is 0.0914. The maximum atomic E-state index is 12.8. The summed E-state index contributed by atoms with van der Waals surface area (Å²) in [5.74, 6) is -0.789.